The van der Waals surface area contributed by atoms with Crippen molar-refractivity contribution in [3.63, 3.8) is 0 Å². The van der Waals surface area contributed by atoms with E-state index in [0.29, 0.717) is 23.7 Å². The second kappa shape index (κ2) is 13.8. The van der Waals surface area contributed by atoms with Gasteiger partial charge in [0.25, 0.3) is 5.91 Å². The van der Waals surface area contributed by atoms with Crippen LogP contribution < -0.4 is 20.2 Å². The maximum atomic E-state index is 12.8. The van der Waals surface area contributed by atoms with Gasteiger partial charge in [0.05, 0.1) is 19.0 Å². The molecule has 0 aliphatic carbocycles. The maximum absolute atomic E-state index is 12.8. The number of thiazole rings is 1. The van der Waals surface area contributed by atoms with Crippen molar-refractivity contribution in [2.75, 3.05) is 12.4 Å². The van der Waals surface area contributed by atoms with Crippen LogP contribution >= 0.6 is 27.3 Å². The van der Waals surface area contributed by atoms with Gasteiger partial charge in [-0.2, -0.15) is 5.10 Å². The van der Waals surface area contributed by atoms with Crippen LogP contribution in [-0.2, 0) is 6.61 Å². The number of nitrogens with zero attached hydrogens (tertiary/aromatic N) is 2. The highest BCUT2D eigenvalue weighted by Crippen LogP contribution is 2.34. The van der Waals surface area contributed by atoms with E-state index >= 15 is 0 Å². The normalized spacial score (nSPS) is 11.1. The molecule has 1 aromatic heterocycles. The molecule has 0 spiro atoms. The number of methoxy groups -OCH3 is 1. The topological polar surface area (TPSA) is 84.8 Å². The van der Waals surface area contributed by atoms with Gasteiger partial charge in [0.15, 0.2) is 16.6 Å². The summed E-state index contributed by atoms with van der Waals surface area (Å²) in [5, 5.41) is 12.6. The summed E-state index contributed by atoms with van der Waals surface area (Å²) < 4.78 is 12.4. The molecule has 6 rings (SSSR count). The third-order valence-electron chi connectivity index (χ3n) is 7.11. The molecule has 0 radical (unpaired) electrons. The van der Waals surface area contributed by atoms with Gasteiger partial charge >= 0.3 is 0 Å². The van der Waals surface area contributed by atoms with Crippen LogP contribution in [0.3, 0.4) is 0 Å². The summed E-state index contributed by atoms with van der Waals surface area (Å²) >= 11 is 5.11. The standard InChI is InChI=1S/C36H29BrN4O3S/c1-23-7-15-30(16-8-23)39-36-40-32(22-45-36)26-11-13-27(14-12-26)35(42)41-38-20-29-18-33(43-2)34(19-31(29)37)44-21-24-9-10-25-5-3-4-6-28(25)17-24/h3-20,22H,21H2,1-2H3,(H,39,40)(H,41,42)/b38-20-. The fraction of sp³-hybridized carbons (Fsp3) is 0.0833. The average molecular weight is 678 g/mol. The molecule has 0 saturated carbocycles. The summed E-state index contributed by atoms with van der Waals surface area (Å²) in [6, 6.07) is 33.6. The SMILES string of the molecule is COc1cc(/C=N\NC(=O)c2ccc(-c3csc(Nc4ccc(C)cc4)n3)cc2)c(Br)cc1OCc1ccc2ccccc2c1. The molecule has 0 atom stereocenters. The highest BCUT2D eigenvalue weighted by atomic mass is 79.9. The minimum atomic E-state index is -0.323. The summed E-state index contributed by atoms with van der Waals surface area (Å²) in [5.74, 6) is 0.829. The molecule has 224 valence electrons. The van der Waals surface area contributed by atoms with Gasteiger partial charge < -0.3 is 14.8 Å². The number of fused-ring (bicyclic) bond motifs is 1. The van der Waals surface area contributed by atoms with E-state index in [1.165, 1.54) is 22.3 Å². The van der Waals surface area contributed by atoms with Crippen molar-refractivity contribution in [2.24, 2.45) is 5.10 Å². The van der Waals surface area contributed by atoms with E-state index in [2.05, 4.69) is 86.1 Å². The molecule has 45 heavy (non-hydrogen) atoms. The number of amides is 1. The molecule has 9 heteroatoms. The van der Waals surface area contributed by atoms with Gasteiger partial charge in [0.1, 0.15) is 6.61 Å². The smallest absolute Gasteiger partial charge is 0.271 e. The van der Waals surface area contributed by atoms with E-state index in [4.69, 9.17) is 9.47 Å². The van der Waals surface area contributed by atoms with E-state index in [-0.39, 0.29) is 5.91 Å². The fourth-order valence-electron chi connectivity index (χ4n) is 4.65. The number of aryl methyl sites for hydroxylation is 1. The molecule has 0 aliphatic rings. The van der Waals surface area contributed by atoms with E-state index in [9.17, 15) is 4.79 Å². The van der Waals surface area contributed by atoms with Gasteiger partial charge in [-0.1, -0.05) is 66.2 Å². The van der Waals surface area contributed by atoms with E-state index in [1.54, 1.807) is 31.5 Å². The number of aromatic nitrogens is 1. The van der Waals surface area contributed by atoms with Crippen molar-refractivity contribution in [1.82, 2.24) is 10.4 Å². The molecular formula is C36H29BrN4O3S. The molecule has 0 saturated heterocycles. The number of carbonyl (C=O) groups is 1. The molecule has 0 unspecified atom stereocenters. The molecule has 5 aromatic carbocycles. The molecule has 2 N–H and O–H groups in total. The molecule has 6 aromatic rings. The highest BCUT2D eigenvalue weighted by Gasteiger charge is 2.12. The Hall–Kier alpha value is -4.99. The summed E-state index contributed by atoms with van der Waals surface area (Å²) in [6.07, 6.45) is 1.56. The number of hydrogen-bond acceptors (Lipinski definition) is 7. The number of nitrogens with one attached hydrogen (secondary N) is 2. The van der Waals surface area contributed by atoms with Gasteiger partial charge in [-0.15, -0.1) is 11.3 Å². The lowest BCUT2D eigenvalue weighted by Gasteiger charge is -2.13. The van der Waals surface area contributed by atoms with E-state index in [0.717, 1.165) is 43.1 Å². The molecule has 0 bridgehead atoms. The average Bonchev–Trinajstić information content (AvgIpc) is 3.54. The van der Waals surface area contributed by atoms with Crippen LogP contribution in [0.25, 0.3) is 22.0 Å². The van der Waals surface area contributed by atoms with Crippen molar-refractivity contribution in [2.45, 2.75) is 13.5 Å². The first-order chi connectivity index (χ1) is 21.9. The van der Waals surface area contributed by atoms with Crippen molar-refractivity contribution in [3.8, 4) is 22.8 Å². The number of carbonyl (C=O) groups excluding carboxylic acids is 1. The van der Waals surface area contributed by atoms with Gasteiger partial charge in [-0.05, 0) is 81.7 Å². The number of ether oxygens (including phenoxy) is 2. The molecule has 7 nitrogen and oxygen atoms in total. The van der Waals surface area contributed by atoms with Crippen molar-refractivity contribution in [1.29, 1.82) is 0 Å². The largest absolute Gasteiger partial charge is 0.493 e. The third-order valence-corrected chi connectivity index (χ3v) is 8.56. The van der Waals surface area contributed by atoms with Crippen molar-refractivity contribution >= 4 is 61.0 Å². The van der Waals surface area contributed by atoms with Crippen molar-refractivity contribution < 1.29 is 14.3 Å². The van der Waals surface area contributed by atoms with Gasteiger partial charge in [0, 0.05) is 32.2 Å². The zero-order chi connectivity index (χ0) is 31.2. The van der Waals surface area contributed by atoms with Crippen LogP contribution in [0.5, 0.6) is 11.5 Å². The second-order valence-electron chi connectivity index (χ2n) is 10.3. The lowest BCUT2D eigenvalue weighted by atomic mass is 10.1. The van der Waals surface area contributed by atoms with Gasteiger partial charge in [-0.3, -0.25) is 4.79 Å². The predicted molar refractivity (Wildman–Crippen MR) is 186 cm³/mol. The Balaban J connectivity index is 1.06. The summed E-state index contributed by atoms with van der Waals surface area (Å²) in [5.41, 5.74) is 8.80. The predicted octanol–water partition coefficient (Wildman–Crippen LogP) is 9.13. The van der Waals surface area contributed by atoms with Crippen LogP contribution in [0, 0.1) is 6.92 Å². The fourth-order valence-corrected chi connectivity index (χ4v) is 5.82. The lowest BCUT2D eigenvalue weighted by Crippen LogP contribution is -2.17. The van der Waals surface area contributed by atoms with E-state index in [1.807, 2.05) is 47.8 Å². The molecule has 0 fully saturated rings. The van der Waals surface area contributed by atoms with Gasteiger partial charge in [0.2, 0.25) is 0 Å². The lowest BCUT2D eigenvalue weighted by molar-refractivity contribution is 0.0955. The molecular weight excluding hydrogens is 648 g/mol. The Labute approximate surface area is 273 Å². The molecule has 1 amide bonds. The minimum absolute atomic E-state index is 0.323. The molecule has 0 aliphatic heterocycles. The van der Waals surface area contributed by atoms with Crippen LogP contribution in [0.1, 0.15) is 27.0 Å². The van der Waals surface area contributed by atoms with Crippen LogP contribution in [0.4, 0.5) is 10.8 Å². The Bertz CT molecular complexity index is 1990. The third kappa shape index (κ3) is 7.39. The zero-order valence-corrected chi connectivity index (χ0v) is 27.0. The minimum Gasteiger partial charge on any atom is -0.493 e. The number of hydrogen-bond donors (Lipinski definition) is 2. The number of rotatable bonds is 10. The highest BCUT2D eigenvalue weighted by molar-refractivity contribution is 9.10. The number of benzene rings is 5. The molecule has 1 heterocycles. The quantitative estimate of drug-likeness (QED) is 0.112. The summed E-state index contributed by atoms with van der Waals surface area (Å²) in [4.78, 5) is 17.5. The first-order valence-electron chi connectivity index (χ1n) is 14.2. The first-order valence-corrected chi connectivity index (χ1v) is 15.8. The van der Waals surface area contributed by atoms with Crippen molar-refractivity contribution in [3.05, 3.63) is 135 Å². The van der Waals surface area contributed by atoms with Crippen LogP contribution in [-0.4, -0.2) is 24.2 Å². The first kappa shape index (κ1) is 30.1. The van der Waals surface area contributed by atoms with Crippen LogP contribution in [0.2, 0.25) is 0 Å². The number of halogens is 1. The Kier molecular flexibility index (Phi) is 9.19. The Morgan fingerprint density at radius 1 is 0.933 bits per heavy atom. The number of anilines is 2. The maximum Gasteiger partial charge on any atom is 0.271 e. The Morgan fingerprint density at radius 2 is 1.71 bits per heavy atom. The zero-order valence-electron chi connectivity index (χ0n) is 24.6. The summed E-state index contributed by atoms with van der Waals surface area (Å²) in [6.45, 7) is 2.45. The monoisotopic (exact) mass is 676 g/mol. The summed E-state index contributed by atoms with van der Waals surface area (Å²) in [7, 11) is 1.59. The van der Waals surface area contributed by atoms with Gasteiger partial charge in [-0.25, -0.2) is 10.4 Å². The Morgan fingerprint density at radius 3 is 2.49 bits per heavy atom. The van der Waals surface area contributed by atoms with Crippen LogP contribution in [0.15, 0.2) is 118 Å². The van der Waals surface area contributed by atoms with E-state index < -0.39 is 0 Å². The second-order valence-corrected chi connectivity index (χ2v) is 12.0. The number of hydrazone groups is 1.